The first-order chi connectivity index (χ1) is 18.1. The van der Waals surface area contributed by atoms with Crippen LogP contribution in [0.4, 0.5) is 17.1 Å². The molecule has 0 saturated carbocycles. The Bertz CT molecular complexity index is 1440. The summed E-state index contributed by atoms with van der Waals surface area (Å²) >= 11 is 0. The maximum absolute atomic E-state index is 13.1. The molecule has 1 saturated heterocycles. The Balaban J connectivity index is 1.49. The van der Waals surface area contributed by atoms with E-state index in [0.29, 0.717) is 22.7 Å². The van der Waals surface area contributed by atoms with Crippen molar-refractivity contribution in [2.24, 2.45) is 5.92 Å². The first kappa shape index (κ1) is 27.2. The number of methoxy groups -OCH3 is 1. The highest BCUT2D eigenvalue weighted by molar-refractivity contribution is 7.92. The molecule has 3 aromatic carbocycles. The molecule has 2 atom stereocenters. The van der Waals surface area contributed by atoms with Gasteiger partial charge < -0.3 is 15.0 Å². The molecule has 2 N–H and O–H groups in total. The van der Waals surface area contributed by atoms with E-state index in [1.54, 1.807) is 48.2 Å². The summed E-state index contributed by atoms with van der Waals surface area (Å²) in [5.74, 6) is -0.0762. The van der Waals surface area contributed by atoms with Gasteiger partial charge in [0.25, 0.3) is 10.0 Å². The monoisotopic (exact) mass is 535 g/mol. The minimum absolute atomic E-state index is 0.0534. The first-order valence-electron chi connectivity index (χ1n) is 12.6. The van der Waals surface area contributed by atoms with Crippen molar-refractivity contribution in [3.63, 3.8) is 0 Å². The number of hydrogen-bond acceptors (Lipinski definition) is 5. The lowest BCUT2D eigenvalue weighted by Gasteiger charge is -2.23. The van der Waals surface area contributed by atoms with Crippen LogP contribution in [0.15, 0.2) is 71.6 Å². The molecular formula is C29H33N3O5S. The second-order valence-corrected chi connectivity index (χ2v) is 11.2. The van der Waals surface area contributed by atoms with Gasteiger partial charge in [-0.05, 0) is 72.9 Å². The third-order valence-corrected chi connectivity index (χ3v) is 8.48. The Labute approximate surface area is 224 Å². The summed E-state index contributed by atoms with van der Waals surface area (Å²) in [6, 6.07) is 19.1. The van der Waals surface area contributed by atoms with Crippen LogP contribution in [0, 0.1) is 12.8 Å². The molecule has 2 amide bonds. The molecule has 0 aromatic heterocycles. The number of para-hydroxylation sites is 1. The highest BCUT2D eigenvalue weighted by Crippen LogP contribution is 2.34. The van der Waals surface area contributed by atoms with Crippen molar-refractivity contribution < 1.29 is 22.7 Å². The largest absolute Gasteiger partial charge is 0.497 e. The van der Waals surface area contributed by atoms with Gasteiger partial charge in [-0.1, -0.05) is 38.1 Å². The van der Waals surface area contributed by atoms with E-state index in [1.165, 1.54) is 13.2 Å². The zero-order valence-corrected chi connectivity index (χ0v) is 22.8. The van der Waals surface area contributed by atoms with Crippen LogP contribution >= 0.6 is 0 Å². The highest BCUT2D eigenvalue weighted by Gasteiger charge is 2.36. The van der Waals surface area contributed by atoms with Crippen LogP contribution < -0.4 is 19.7 Å². The van der Waals surface area contributed by atoms with Gasteiger partial charge in [-0.2, -0.15) is 0 Å². The Hall–Kier alpha value is -3.85. The van der Waals surface area contributed by atoms with E-state index in [0.717, 1.165) is 17.7 Å². The van der Waals surface area contributed by atoms with E-state index in [9.17, 15) is 18.0 Å². The van der Waals surface area contributed by atoms with E-state index in [4.69, 9.17) is 4.74 Å². The van der Waals surface area contributed by atoms with E-state index in [2.05, 4.69) is 23.9 Å². The van der Waals surface area contributed by atoms with Gasteiger partial charge in [-0.3, -0.25) is 14.3 Å². The fourth-order valence-electron chi connectivity index (χ4n) is 4.57. The van der Waals surface area contributed by atoms with Crippen molar-refractivity contribution in [2.75, 3.05) is 28.6 Å². The summed E-state index contributed by atoms with van der Waals surface area (Å²) < 4.78 is 33.9. The molecule has 1 aliphatic heterocycles. The minimum Gasteiger partial charge on any atom is -0.497 e. The summed E-state index contributed by atoms with van der Waals surface area (Å²) in [7, 11) is -2.38. The fourth-order valence-corrected chi connectivity index (χ4v) is 5.90. The number of benzene rings is 3. The summed E-state index contributed by atoms with van der Waals surface area (Å²) in [4.78, 5) is 27.8. The van der Waals surface area contributed by atoms with Gasteiger partial charge in [-0.25, -0.2) is 8.42 Å². The van der Waals surface area contributed by atoms with Crippen molar-refractivity contribution in [3.05, 3.63) is 77.9 Å². The van der Waals surface area contributed by atoms with Crippen LogP contribution in [-0.2, 0) is 19.6 Å². The standard InChI is InChI=1S/C29H33N3O5S/c1-5-19(2)25-8-6-7-9-26(25)32-18-21(16-28(32)33)29(34)30-23-11-10-20(3)27(17-23)38(35,36)31-22-12-14-24(37-4)15-13-22/h6-15,17,19,21,31H,5,16,18H2,1-4H3,(H,30,34). The molecule has 0 aliphatic carbocycles. The number of rotatable bonds is 9. The predicted octanol–water partition coefficient (Wildman–Crippen LogP) is 5.31. The molecule has 9 heteroatoms. The summed E-state index contributed by atoms with van der Waals surface area (Å²) in [5, 5.41) is 2.82. The Kier molecular flexibility index (Phi) is 8.06. The van der Waals surface area contributed by atoms with E-state index < -0.39 is 15.9 Å². The molecule has 4 rings (SSSR count). The van der Waals surface area contributed by atoms with Crippen molar-refractivity contribution in [2.45, 2.75) is 44.4 Å². The molecule has 3 aromatic rings. The van der Waals surface area contributed by atoms with Crippen LogP contribution in [0.5, 0.6) is 5.75 Å². The summed E-state index contributed by atoms with van der Waals surface area (Å²) in [5.41, 5.74) is 3.20. The van der Waals surface area contributed by atoms with Crippen molar-refractivity contribution in [1.29, 1.82) is 0 Å². The number of nitrogens with one attached hydrogen (secondary N) is 2. The van der Waals surface area contributed by atoms with Crippen LogP contribution in [-0.4, -0.2) is 33.9 Å². The van der Waals surface area contributed by atoms with Crippen LogP contribution in [0.2, 0.25) is 0 Å². The predicted molar refractivity (Wildman–Crippen MR) is 149 cm³/mol. The molecule has 1 aliphatic rings. The van der Waals surface area contributed by atoms with Crippen LogP contribution in [0.3, 0.4) is 0 Å². The zero-order valence-electron chi connectivity index (χ0n) is 22.0. The fraction of sp³-hybridized carbons (Fsp3) is 0.310. The molecule has 0 radical (unpaired) electrons. The molecule has 1 fully saturated rings. The van der Waals surface area contributed by atoms with E-state index >= 15 is 0 Å². The van der Waals surface area contributed by atoms with E-state index in [-0.39, 0.29) is 35.6 Å². The number of amides is 2. The van der Waals surface area contributed by atoms with Crippen LogP contribution in [0.1, 0.15) is 43.7 Å². The maximum atomic E-state index is 13.1. The smallest absolute Gasteiger partial charge is 0.262 e. The highest BCUT2D eigenvalue weighted by atomic mass is 32.2. The molecule has 2 unspecified atom stereocenters. The Morgan fingerprint density at radius 3 is 2.45 bits per heavy atom. The van der Waals surface area contributed by atoms with Crippen molar-refractivity contribution in [1.82, 2.24) is 0 Å². The minimum atomic E-state index is -3.91. The number of ether oxygens (including phenoxy) is 1. The number of carbonyl (C=O) groups is 2. The second kappa shape index (κ2) is 11.3. The molecule has 1 heterocycles. The summed E-state index contributed by atoms with van der Waals surface area (Å²) in [6.07, 6.45) is 1.03. The molecule has 0 spiro atoms. The first-order valence-corrected chi connectivity index (χ1v) is 14.1. The molecular weight excluding hydrogens is 502 g/mol. The zero-order chi connectivity index (χ0) is 27.4. The SMILES string of the molecule is CCC(C)c1ccccc1N1CC(C(=O)Nc2ccc(C)c(S(=O)(=O)Nc3ccc(OC)cc3)c2)CC1=O. The van der Waals surface area contributed by atoms with Gasteiger partial charge in [0.1, 0.15) is 5.75 Å². The second-order valence-electron chi connectivity index (χ2n) is 9.58. The normalized spacial score (nSPS) is 16.3. The average Bonchev–Trinajstić information content (AvgIpc) is 3.31. The topological polar surface area (TPSA) is 105 Å². The molecule has 0 bridgehead atoms. The van der Waals surface area contributed by atoms with E-state index in [1.807, 2.05) is 24.3 Å². The van der Waals surface area contributed by atoms with Crippen LogP contribution in [0.25, 0.3) is 0 Å². The summed E-state index contributed by atoms with van der Waals surface area (Å²) in [6.45, 7) is 6.19. The third kappa shape index (κ3) is 5.83. The van der Waals surface area contributed by atoms with Gasteiger partial charge in [0.2, 0.25) is 11.8 Å². The van der Waals surface area contributed by atoms with Gasteiger partial charge in [0, 0.05) is 30.0 Å². The number of nitrogens with zero attached hydrogens (tertiary/aromatic N) is 1. The average molecular weight is 536 g/mol. The van der Waals surface area contributed by atoms with Gasteiger partial charge >= 0.3 is 0 Å². The van der Waals surface area contributed by atoms with Crippen molar-refractivity contribution in [3.8, 4) is 5.75 Å². The lowest BCUT2D eigenvalue weighted by Crippen LogP contribution is -2.29. The van der Waals surface area contributed by atoms with Gasteiger partial charge in [-0.15, -0.1) is 0 Å². The Morgan fingerprint density at radius 1 is 1.08 bits per heavy atom. The lowest BCUT2D eigenvalue weighted by atomic mass is 9.96. The molecule has 200 valence electrons. The number of sulfonamides is 1. The number of aryl methyl sites for hydroxylation is 1. The number of carbonyl (C=O) groups excluding carboxylic acids is 2. The van der Waals surface area contributed by atoms with Gasteiger partial charge in [0.15, 0.2) is 0 Å². The molecule has 38 heavy (non-hydrogen) atoms. The van der Waals surface area contributed by atoms with Gasteiger partial charge in [0.05, 0.1) is 17.9 Å². The van der Waals surface area contributed by atoms with Crippen molar-refractivity contribution >= 4 is 38.9 Å². The lowest BCUT2D eigenvalue weighted by molar-refractivity contribution is -0.122. The Morgan fingerprint density at radius 2 is 1.76 bits per heavy atom. The third-order valence-electron chi connectivity index (χ3n) is 6.95. The molecule has 8 nitrogen and oxygen atoms in total. The maximum Gasteiger partial charge on any atom is 0.262 e. The quantitative estimate of drug-likeness (QED) is 0.386. The number of hydrogen-bond donors (Lipinski definition) is 2. The number of anilines is 3.